The molecule has 210 valence electrons. The largest absolute Gasteiger partial charge is 0.381 e. The predicted molar refractivity (Wildman–Crippen MR) is 162 cm³/mol. The van der Waals surface area contributed by atoms with Crippen molar-refractivity contribution in [2.45, 2.75) is 19.9 Å². The van der Waals surface area contributed by atoms with Crippen molar-refractivity contribution in [3.05, 3.63) is 99.4 Å². The zero-order valence-electron chi connectivity index (χ0n) is 23.2. The lowest BCUT2D eigenvalue weighted by atomic mass is 10.1. The van der Waals surface area contributed by atoms with Crippen molar-refractivity contribution in [2.75, 3.05) is 23.0 Å². The van der Waals surface area contributed by atoms with Gasteiger partial charge >= 0.3 is 0 Å². The molecule has 12 heteroatoms. The molecule has 5 N–H and O–H groups in total. The molecule has 0 radical (unpaired) electrons. The van der Waals surface area contributed by atoms with Crippen LogP contribution in [-0.2, 0) is 7.05 Å². The Morgan fingerprint density at radius 2 is 1.90 bits per heavy atom. The highest BCUT2D eigenvalue weighted by molar-refractivity contribution is 6.04. The van der Waals surface area contributed by atoms with Crippen LogP contribution in [0.25, 0.3) is 17.1 Å². The van der Waals surface area contributed by atoms with E-state index in [-0.39, 0.29) is 16.9 Å². The number of aryl methyl sites for hydroxylation is 1. The number of carbonyl (C=O) groups excluding carboxylic acids is 1. The summed E-state index contributed by atoms with van der Waals surface area (Å²) in [5.74, 6) is 6.70. The molecule has 1 amide bonds. The summed E-state index contributed by atoms with van der Waals surface area (Å²) in [6.07, 6.45) is 5.30. The van der Waals surface area contributed by atoms with Crippen LogP contribution in [0, 0.1) is 18.8 Å². The van der Waals surface area contributed by atoms with E-state index in [4.69, 9.17) is 10.7 Å². The first-order chi connectivity index (χ1) is 20.3. The first kappa shape index (κ1) is 26.4. The SMILES string of the molecule is Cc1c(C#Cc2cccc3nc(C(C)NC(=O)c4c(N)nn5c4NCC=C5)n(Nc4ccccc4)c(=O)c23)cnn1C. The lowest BCUT2D eigenvalue weighted by molar-refractivity contribution is 0.0939. The molecule has 12 nitrogen and oxygen atoms in total. The number of benzene rings is 2. The van der Waals surface area contributed by atoms with Crippen LogP contribution in [0.4, 0.5) is 17.3 Å². The molecule has 5 aromatic rings. The summed E-state index contributed by atoms with van der Waals surface area (Å²) in [5, 5.41) is 14.9. The van der Waals surface area contributed by atoms with Crippen LogP contribution < -0.4 is 27.4 Å². The van der Waals surface area contributed by atoms with E-state index in [9.17, 15) is 9.59 Å². The third-order valence-electron chi connectivity index (χ3n) is 7.04. The maximum Gasteiger partial charge on any atom is 0.281 e. The average molecular weight is 561 g/mol. The number of anilines is 3. The second kappa shape index (κ2) is 10.6. The van der Waals surface area contributed by atoms with E-state index in [1.165, 1.54) is 9.36 Å². The standard InChI is InChI=1S/C30H28N10O2/c1-18(34-29(41)25-26(31)37-39-16-8-15-32-28(25)39)27-35-23-12-7-9-20(13-14-21-17-33-38(3)19(21)2)24(23)30(42)40(27)36-22-10-5-4-6-11-22/h4-12,16-18,32,36H,15H2,1-3H3,(H2,31,37)(H,34,41). The van der Waals surface area contributed by atoms with Crippen LogP contribution >= 0.6 is 0 Å². The van der Waals surface area contributed by atoms with Gasteiger partial charge in [0.15, 0.2) is 11.6 Å². The third kappa shape index (κ3) is 4.73. The van der Waals surface area contributed by atoms with E-state index < -0.39 is 11.9 Å². The number of nitrogens with zero attached hydrogens (tertiary/aromatic N) is 6. The van der Waals surface area contributed by atoms with Crippen LogP contribution in [0.3, 0.4) is 0 Å². The second-order valence-corrected chi connectivity index (χ2v) is 9.82. The molecule has 0 fully saturated rings. The molecule has 1 aliphatic heterocycles. The highest BCUT2D eigenvalue weighted by Gasteiger charge is 2.26. The Hall–Kier alpha value is -5.83. The van der Waals surface area contributed by atoms with E-state index in [0.717, 1.165) is 11.3 Å². The van der Waals surface area contributed by atoms with Crippen molar-refractivity contribution in [2.24, 2.45) is 7.05 Å². The summed E-state index contributed by atoms with van der Waals surface area (Å²) in [7, 11) is 1.85. The van der Waals surface area contributed by atoms with Crippen molar-refractivity contribution in [3.8, 4) is 11.8 Å². The number of hydrogen-bond acceptors (Lipinski definition) is 8. The zero-order chi connectivity index (χ0) is 29.4. The van der Waals surface area contributed by atoms with Gasteiger partial charge in [0.1, 0.15) is 11.4 Å². The number of carbonyl (C=O) groups is 1. The van der Waals surface area contributed by atoms with Gasteiger partial charge in [-0.25, -0.2) is 14.3 Å². The normalized spacial score (nSPS) is 12.6. The van der Waals surface area contributed by atoms with Crippen molar-refractivity contribution in [3.63, 3.8) is 0 Å². The molecule has 3 aromatic heterocycles. The lowest BCUT2D eigenvalue weighted by Crippen LogP contribution is -2.37. The Kier molecular flexibility index (Phi) is 6.68. The van der Waals surface area contributed by atoms with Crippen molar-refractivity contribution in [1.82, 2.24) is 34.5 Å². The van der Waals surface area contributed by atoms with Crippen molar-refractivity contribution in [1.29, 1.82) is 0 Å². The minimum atomic E-state index is -0.701. The molecule has 0 saturated carbocycles. The van der Waals surface area contributed by atoms with E-state index in [1.54, 1.807) is 42.2 Å². The molecule has 0 bridgehead atoms. The first-order valence-electron chi connectivity index (χ1n) is 13.3. The van der Waals surface area contributed by atoms with Crippen molar-refractivity contribution < 1.29 is 4.79 Å². The molecule has 2 aromatic carbocycles. The molecule has 0 saturated heterocycles. The number of fused-ring (bicyclic) bond motifs is 2. The van der Waals surface area contributed by atoms with Gasteiger partial charge in [0.25, 0.3) is 11.5 Å². The van der Waals surface area contributed by atoms with Gasteiger partial charge in [-0.2, -0.15) is 5.10 Å². The number of rotatable bonds is 5. The van der Waals surface area contributed by atoms with Crippen LogP contribution in [0.2, 0.25) is 0 Å². The Bertz CT molecular complexity index is 1990. The summed E-state index contributed by atoms with van der Waals surface area (Å²) < 4.78 is 4.61. The molecule has 1 atom stereocenters. The maximum absolute atomic E-state index is 14.1. The summed E-state index contributed by atoms with van der Waals surface area (Å²) in [6.45, 7) is 4.23. The lowest BCUT2D eigenvalue weighted by Gasteiger charge is -2.21. The molecule has 6 rings (SSSR count). The molecule has 1 aliphatic rings. The van der Waals surface area contributed by atoms with Gasteiger partial charge in [-0.3, -0.25) is 19.7 Å². The van der Waals surface area contributed by atoms with E-state index in [2.05, 4.69) is 38.1 Å². The van der Waals surface area contributed by atoms with Gasteiger partial charge in [-0.1, -0.05) is 36.1 Å². The number of nitrogen functional groups attached to an aromatic ring is 1. The predicted octanol–water partition coefficient (Wildman–Crippen LogP) is 2.88. The van der Waals surface area contributed by atoms with Crippen LogP contribution in [-0.4, -0.2) is 41.7 Å². The van der Waals surface area contributed by atoms with Gasteiger partial charge in [0, 0.05) is 25.4 Å². The zero-order valence-corrected chi connectivity index (χ0v) is 23.2. The number of nitrogens with one attached hydrogen (secondary N) is 3. The monoisotopic (exact) mass is 560 g/mol. The highest BCUT2D eigenvalue weighted by Crippen LogP contribution is 2.25. The third-order valence-corrected chi connectivity index (χ3v) is 7.04. The van der Waals surface area contributed by atoms with Gasteiger partial charge in [-0.05, 0) is 44.2 Å². The van der Waals surface area contributed by atoms with E-state index in [1.807, 2.05) is 50.4 Å². The number of amides is 1. The van der Waals surface area contributed by atoms with Crippen LogP contribution in [0.5, 0.6) is 0 Å². The Morgan fingerprint density at radius 1 is 1.12 bits per heavy atom. The molecular weight excluding hydrogens is 532 g/mol. The van der Waals surface area contributed by atoms with Gasteiger partial charge in [0.05, 0.1) is 40.1 Å². The Balaban J connectivity index is 1.44. The molecular formula is C30H28N10O2. The summed E-state index contributed by atoms with van der Waals surface area (Å²) >= 11 is 0. The molecule has 1 unspecified atom stereocenters. The van der Waals surface area contributed by atoms with Gasteiger partial charge in [-0.15, -0.1) is 5.10 Å². The van der Waals surface area contributed by atoms with Gasteiger partial charge < -0.3 is 16.4 Å². The Labute approximate surface area is 240 Å². The highest BCUT2D eigenvalue weighted by atomic mass is 16.2. The van der Waals surface area contributed by atoms with E-state index >= 15 is 0 Å². The van der Waals surface area contributed by atoms with E-state index in [0.29, 0.717) is 40.3 Å². The van der Waals surface area contributed by atoms with Crippen LogP contribution in [0.15, 0.2) is 65.6 Å². The fourth-order valence-electron chi connectivity index (χ4n) is 4.74. The molecule has 0 aliphatic carbocycles. The summed E-state index contributed by atoms with van der Waals surface area (Å²) in [6, 6.07) is 13.9. The summed E-state index contributed by atoms with van der Waals surface area (Å²) in [4.78, 5) is 32.4. The smallest absolute Gasteiger partial charge is 0.281 e. The average Bonchev–Trinajstić information content (AvgIpc) is 3.50. The number of aromatic nitrogens is 6. The molecule has 0 spiro atoms. The fraction of sp³-hybridized carbons (Fsp3) is 0.167. The number of hydrogen-bond donors (Lipinski definition) is 4. The minimum Gasteiger partial charge on any atom is -0.381 e. The van der Waals surface area contributed by atoms with Crippen molar-refractivity contribution >= 4 is 40.3 Å². The number of nitrogens with two attached hydrogens (primary N) is 1. The second-order valence-electron chi connectivity index (χ2n) is 9.82. The quantitative estimate of drug-likeness (QED) is 0.240. The summed E-state index contributed by atoms with van der Waals surface area (Å²) in [5.41, 5.74) is 12.5. The molecule has 42 heavy (non-hydrogen) atoms. The number of para-hydroxylation sites is 1. The minimum absolute atomic E-state index is 0.0899. The topological polar surface area (TPSA) is 150 Å². The Morgan fingerprint density at radius 3 is 2.67 bits per heavy atom. The molecule has 4 heterocycles. The fourth-order valence-corrected chi connectivity index (χ4v) is 4.74. The maximum atomic E-state index is 14.1. The van der Waals surface area contributed by atoms with Gasteiger partial charge in [0.2, 0.25) is 0 Å². The first-order valence-corrected chi connectivity index (χ1v) is 13.3. The van der Waals surface area contributed by atoms with Crippen LogP contribution in [0.1, 0.15) is 46.0 Å².